The number of carbonyl (C=O) groups is 2. The molecule has 0 bridgehead atoms. The summed E-state index contributed by atoms with van der Waals surface area (Å²) in [5.74, 6) is 0.382. The summed E-state index contributed by atoms with van der Waals surface area (Å²) in [6.07, 6.45) is 2.79. The van der Waals surface area contributed by atoms with Gasteiger partial charge in [0.2, 0.25) is 5.91 Å². The molecule has 1 saturated carbocycles. The van der Waals surface area contributed by atoms with Crippen molar-refractivity contribution in [3.8, 4) is 0 Å². The fourth-order valence-corrected chi connectivity index (χ4v) is 2.73. The molecule has 2 fully saturated rings. The maximum Gasteiger partial charge on any atom is 0.410 e. The molecule has 6 heteroatoms. The first kappa shape index (κ1) is 16.1. The molecule has 0 aromatic heterocycles. The van der Waals surface area contributed by atoms with Crippen molar-refractivity contribution in [3.63, 3.8) is 0 Å². The van der Waals surface area contributed by atoms with Crippen molar-refractivity contribution in [1.29, 1.82) is 0 Å². The van der Waals surface area contributed by atoms with Crippen LogP contribution in [-0.2, 0) is 9.53 Å². The Morgan fingerprint density at radius 1 is 1.24 bits per heavy atom. The van der Waals surface area contributed by atoms with Gasteiger partial charge in [-0.05, 0) is 33.6 Å². The van der Waals surface area contributed by atoms with Crippen LogP contribution < -0.4 is 5.73 Å². The van der Waals surface area contributed by atoms with Gasteiger partial charge in [-0.1, -0.05) is 6.42 Å². The number of hydrogen-bond donors (Lipinski definition) is 1. The zero-order chi connectivity index (χ0) is 15.6. The maximum absolute atomic E-state index is 12.4. The molecule has 1 aliphatic carbocycles. The zero-order valence-electron chi connectivity index (χ0n) is 13.3. The lowest BCUT2D eigenvalue weighted by molar-refractivity contribution is -0.143. The standard InChI is InChI=1S/C15H27N3O3/c1-15(2,3)21-14(20)17-7-8-18(12(9-16)10-17)13(19)11-5-4-6-11/h11-12H,4-10,16H2,1-3H3. The average Bonchev–Trinajstić information content (AvgIpc) is 2.33. The van der Waals surface area contributed by atoms with Crippen LogP contribution in [0.4, 0.5) is 4.79 Å². The van der Waals surface area contributed by atoms with Gasteiger partial charge in [0.25, 0.3) is 0 Å². The lowest BCUT2D eigenvalue weighted by atomic mass is 9.84. The van der Waals surface area contributed by atoms with Gasteiger partial charge in [0.1, 0.15) is 5.60 Å². The van der Waals surface area contributed by atoms with Gasteiger partial charge in [-0.25, -0.2) is 4.79 Å². The number of hydrogen-bond acceptors (Lipinski definition) is 4. The van der Waals surface area contributed by atoms with Gasteiger partial charge in [-0.2, -0.15) is 0 Å². The molecule has 0 aromatic rings. The predicted molar refractivity (Wildman–Crippen MR) is 79.7 cm³/mol. The fourth-order valence-electron chi connectivity index (χ4n) is 2.73. The molecule has 1 unspecified atom stereocenters. The number of carbonyl (C=O) groups excluding carboxylic acids is 2. The molecule has 0 radical (unpaired) electrons. The Kier molecular flexibility index (Phi) is 4.76. The van der Waals surface area contributed by atoms with E-state index < -0.39 is 5.60 Å². The third-order valence-corrected chi connectivity index (χ3v) is 4.14. The van der Waals surface area contributed by atoms with Gasteiger partial charge >= 0.3 is 6.09 Å². The van der Waals surface area contributed by atoms with E-state index in [1.807, 2.05) is 25.7 Å². The highest BCUT2D eigenvalue weighted by atomic mass is 16.6. The van der Waals surface area contributed by atoms with Gasteiger partial charge in [0, 0.05) is 32.1 Å². The summed E-state index contributed by atoms with van der Waals surface area (Å²) in [4.78, 5) is 28.0. The quantitative estimate of drug-likeness (QED) is 0.831. The summed E-state index contributed by atoms with van der Waals surface area (Å²) in [5, 5.41) is 0. The van der Waals surface area contributed by atoms with Crippen molar-refractivity contribution < 1.29 is 14.3 Å². The van der Waals surface area contributed by atoms with E-state index in [1.165, 1.54) is 0 Å². The van der Waals surface area contributed by atoms with Crippen molar-refractivity contribution in [1.82, 2.24) is 9.80 Å². The van der Waals surface area contributed by atoms with Gasteiger partial charge in [0.05, 0.1) is 6.04 Å². The van der Waals surface area contributed by atoms with Crippen LogP contribution in [0.15, 0.2) is 0 Å². The van der Waals surface area contributed by atoms with Crippen LogP contribution in [0.2, 0.25) is 0 Å². The van der Waals surface area contributed by atoms with E-state index in [0.717, 1.165) is 19.3 Å². The first-order valence-corrected chi connectivity index (χ1v) is 7.80. The number of amides is 2. The second-order valence-corrected chi connectivity index (χ2v) is 6.98. The normalized spacial score (nSPS) is 23.7. The number of rotatable bonds is 2. The molecule has 0 spiro atoms. The van der Waals surface area contributed by atoms with E-state index in [0.29, 0.717) is 26.2 Å². The van der Waals surface area contributed by atoms with Crippen molar-refractivity contribution in [2.24, 2.45) is 11.7 Å². The SMILES string of the molecule is CC(C)(C)OC(=O)N1CCN(C(=O)C2CCC2)C(CN)C1. The Balaban J connectivity index is 1.94. The van der Waals surface area contributed by atoms with Crippen LogP contribution in [0.1, 0.15) is 40.0 Å². The van der Waals surface area contributed by atoms with Crippen LogP contribution in [0, 0.1) is 5.92 Å². The first-order chi connectivity index (χ1) is 9.81. The zero-order valence-corrected chi connectivity index (χ0v) is 13.3. The van der Waals surface area contributed by atoms with E-state index in [9.17, 15) is 9.59 Å². The number of nitrogens with zero attached hydrogens (tertiary/aromatic N) is 2. The predicted octanol–water partition coefficient (Wildman–Crippen LogP) is 1.19. The van der Waals surface area contributed by atoms with Gasteiger partial charge in [-0.15, -0.1) is 0 Å². The molecule has 2 N–H and O–H groups in total. The highest BCUT2D eigenvalue weighted by Crippen LogP contribution is 2.29. The lowest BCUT2D eigenvalue weighted by Crippen LogP contribution is -2.60. The second-order valence-electron chi connectivity index (χ2n) is 6.98. The Morgan fingerprint density at radius 2 is 1.90 bits per heavy atom. The number of piperazine rings is 1. The molecule has 0 aromatic carbocycles. The third kappa shape index (κ3) is 3.87. The summed E-state index contributed by atoms with van der Waals surface area (Å²) < 4.78 is 5.39. The molecule has 1 aliphatic heterocycles. The molecule has 6 nitrogen and oxygen atoms in total. The van der Waals surface area contributed by atoms with E-state index in [-0.39, 0.29) is 24.0 Å². The Hall–Kier alpha value is -1.30. The summed E-state index contributed by atoms with van der Waals surface area (Å²) >= 11 is 0. The van der Waals surface area contributed by atoms with Crippen molar-refractivity contribution in [2.45, 2.75) is 51.7 Å². The molecular weight excluding hydrogens is 270 g/mol. The van der Waals surface area contributed by atoms with Crippen LogP contribution in [0.5, 0.6) is 0 Å². The van der Waals surface area contributed by atoms with Crippen LogP contribution in [-0.4, -0.2) is 59.6 Å². The highest BCUT2D eigenvalue weighted by molar-refractivity contribution is 5.80. The Bertz CT molecular complexity index is 401. The minimum absolute atomic E-state index is 0.0978. The molecule has 1 heterocycles. The summed E-state index contributed by atoms with van der Waals surface area (Å²) in [6.45, 7) is 7.45. The summed E-state index contributed by atoms with van der Waals surface area (Å²) in [6, 6.07) is -0.0978. The summed E-state index contributed by atoms with van der Waals surface area (Å²) in [7, 11) is 0. The maximum atomic E-state index is 12.4. The molecule has 1 saturated heterocycles. The van der Waals surface area contributed by atoms with Crippen LogP contribution >= 0.6 is 0 Å². The average molecular weight is 297 g/mol. The molecular formula is C15H27N3O3. The minimum atomic E-state index is -0.506. The molecule has 2 rings (SSSR count). The van der Waals surface area contributed by atoms with E-state index in [2.05, 4.69) is 0 Å². The first-order valence-electron chi connectivity index (χ1n) is 7.80. The lowest BCUT2D eigenvalue weighted by Gasteiger charge is -2.43. The van der Waals surface area contributed by atoms with Gasteiger partial charge in [-0.3, -0.25) is 4.79 Å². The molecule has 2 aliphatic rings. The van der Waals surface area contributed by atoms with Crippen molar-refractivity contribution in [2.75, 3.05) is 26.2 Å². The number of nitrogens with two attached hydrogens (primary N) is 1. The largest absolute Gasteiger partial charge is 0.444 e. The smallest absolute Gasteiger partial charge is 0.410 e. The van der Waals surface area contributed by atoms with Gasteiger partial charge < -0.3 is 20.3 Å². The second kappa shape index (κ2) is 6.22. The molecule has 1 atom stereocenters. The molecule has 2 amide bonds. The Labute approximate surface area is 126 Å². The Morgan fingerprint density at radius 3 is 2.38 bits per heavy atom. The topological polar surface area (TPSA) is 75.9 Å². The summed E-state index contributed by atoms with van der Waals surface area (Å²) in [5.41, 5.74) is 5.30. The molecule has 120 valence electrons. The van der Waals surface area contributed by atoms with E-state index >= 15 is 0 Å². The minimum Gasteiger partial charge on any atom is -0.444 e. The van der Waals surface area contributed by atoms with E-state index in [1.54, 1.807) is 4.90 Å². The van der Waals surface area contributed by atoms with Crippen LogP contribution in [0.25, 0.3) is 0 Å². The van der Waals surface area contributed by atoms with Crippen molar-refractivity contribution >= 4 is 12.0 Å². The number of ether oxygens (including phenoxy) is 1. The van der Waals surface area contributed by atoms with Crippen molar-refractivity contribution in [3.05, 3.63) is 0 Å². The van der Waals surface area contributed by atoms with Crippen LogP contribution in [0.3, 0.4) is 0 Å². The third-order valence-electron chi connectivity index (χ3n) is 4.14. The monoisotopic (exact) mass is 297 g/mol. The van der Waals surface area contributed by atoms with E-state index in [4.69, 9.17) is 10.5 Å². The molecule has 21 heavy (non-hydrogen) atoms. The fraction of sp³-hybridized carbons (Fsp3) is 0.867. The highest BCUT2D eigenvalue weighted by Gasteiger charge is 2.37. The van der Waals surface area contributed by atoms with Gasteiger partial charge in [0.15, 0.2) is 0 Å².